The Morgan fingerprint density at radius 3 is 2.44 bits per heavy atom. The monoisotopic (exact) mass is 256 g/mol. The van der Waals surface area contributed by atoms with Crippen LogP contribution < -0.4 is 5.32 Å². The first-order valence-electron chi connectivity index (χ1n) is 6.19. The maximum atomic E-state index is 11.7. The number of carbonyl (C=O) groups excluding carboxylic acids is 1. The number of likely N-dealkylation sites (tertiary alicyclic amines) is 1. The van der Waals surface area contributed by atoms with Crippen molar-refractivity contribution < 1.29 is 19.4 Å². The number of hydrogen-bond acceptors (Lipinski definition) is 3. The third kappa shape index (κ3) is 2.68. The lowest BCUT2D eigenvalue weighted by Gasteiger charge is -2.23. The lowest BCUT2D eigenvalue weighted by Crippen LogP contribution is -2.44. The average molecular weight is 256 g/mol. The van der Waals surface area contributed by atoms with Gasteiger partial charge in [0.15, 0.2) is 0 Å². The Kier molecular flexibility index (Phi) is 2.91. The van der Waals surface area contributed by atoms with Gasteiger partial charge in [0.25, 0.3) is 0 Å². The first kappa shape index (κ1) is 13.0. The van der Waals surface area contributed by atoms with E-state index in [1.54, 1.807) is 20.8 Å². The Balaban J connectivity index is 1.94. The molecule has 2 aliphatic rings. The smallest absolute Gasteiger partial charge is 0.407 e. The van der Waals surface area contributed by atoms with Gasteiger partial charge in [0.1, 0.15) is 5.60 Å². The highest BCUT2D eigenvalue weighted by Gasteiger charge is 2.56. The molecule has 102 valence electrons. The summed E-state index contributed by atoms with van der Waals surface area (Å²) in [7, 11) is 0. The van der Waals surface area contributed by atoms with E-state index in [0.717, 1.165) is 12.8 Å². The van der Waals surface area contributed by atoms with Crippen molar-refractivity contribution >= 4 is 12.2 Å². The molecule has 1 saturated carbocycles. The van der Waals surface area contributed by atoms with Crippen LogP contribution in [0.1, 0.15) is 33.6 Å². The highest BCUT2D eigenvalue weighted by Crippen LogP contribution is 2.52. The van der Waals surface area contributed by atoms with Gasteiger partial charge in [-0.2, -0.15) is 0 Å². The fourth-order valence-electron chi connectivity index (χ4n) is 2.43. The standard InChI is InChI=1S/C12H20N2O4/c1-11(2,3)18-9(15)13-8-6-14(10(16)17)7-12(8)4-5-12/h8H,4-7H2,1-3H3,(H,13,15)(H,16,17). The van der Waals surface area contributed by atoms with Gasteiger partial charge < -0.3 is 20.1 Å². The largest absolute Gasteiger partial charge is 0.465 e. The number of ether oxygens (including phenoxy) is 1. The summed E-state index contributed by atoms with van der Waals surface area (Å²) in [4.78, 5) is 24.0. The van der Waals surface area contributed by atoms with Gasteiger partial charge >= 0.3 is 12.2 Å². The SMILES string of the molecule is CC(C)(C)OC(=O)NC1CN(C(=O)O)CC12CC2. The number of amides is 2. The van der Waals surface area contributed by atoms with Gasteiger partial charge in [-0.1, -0.05) is 0 Å². The normalized spacial score (nSPS) is 25.1. The Morgan fingerprint density at radius 1 is 1.39 bits per heavy atom. The molecular weight excluding hydrogens is 236 g/mol. The van der Waals surface area contributed by atoms with Crippen molar-refractivity contribution in [3.63, 3.8) is 0 Å². The van der Waals surface area contributed by atoms with Gasteiger partial charge in [-0.15, -0.1) is 0 Å². The number of rotatable bonds is 1. The molecule has 2 fully saturated rings. The molecule has 0 aromatic heterocycles. The minimum absolute atomic E-state index is 0.0463. The van der Waals surface area contributed by atoms with Crippen LogP contribution in [-0.4, -0.2) is 46.9 Å². The lowest BCUT2D eigenvalue weighted by atomic mass is 10.0. The number of alkyl carbamates (subject to hydrolysis) is 1. The zero-order valence-corrected chi connectivity index (χ0v) is 11.0. The summed E-state index contributed by atoms with van der Waals surface area (Å²) in [6.45, 7) is 6.28. The van der Waals surface area contributed by atoms with E-state index in [1.165, 1.54) is 4.90 Å². The molecule has 0 aromatic carbocycles. The predicted molar refractivity (Wildman–Crippen MR) is 64.4 cm³/mol. The van der Waals surface area contributed by atoms with Crippen LogP contribution in [0.25, 0.3) is 0 Å². The zero-order valence-electron chi connectivity index (χ0n) is 11.0. The fourth-order valence-corrected chi connectivity index (χ4v) is 2.43. The molecule has 1 saturated heterocycles. The van der Waals surface area contributed by atoms with Crippen molar-refractivity contribution in [3.8, 4) is 0 Å². The van der Waals surface area contributed by atoms with E-state index >= 15 is 0 Å². The Morgan fingerprint density at radius 2 is 2.00 bits per heavy atom. The number of nitrogens with zero attached hydrogens (tertiary/aromatic N) is 1. The van der Waals surface area contributed by atoms with Gasteiger partial charge in [-0.3, -0.25) is 0 Å². The topological polar surface area (TPSA) is 78.9 Å². The molecule has 2 N–H and O–H groups in total. The summed E-state index contributed by atoms with van der Waals surface area (Å²) in [6, 6.07) is -0.122. The molecule has 0 radical (unpaired) electrons. The number of nitrogens with one attached hydrogen (secondary N) is 1. The highest BCUT2D eigenvalue weighted by molar-refractivity contribution is 5.70. The molecular formula is C12H20N2O4. The molecule has 0 bridgehead atoms. The maximum absolute atomic E-state index is 11.7. The van der Waals surface area contributed by atoms with Crippen LogP contribution in [0.3, 0.4) is 0 Å². The van der Waals surface area contributed by atoms with Crippen molar-refractivity contribution in [2.45, 2.75) is 45.3 Å². The summed E-state index contributed by atoms with van der Waals surface area (Å²) in [5.74, 6) is 0. The van der Waals surface area contributed by atoms with Crippen LogP contribution in [0.4, 0.5) is 9.59 Å². The molecule has 1 atom stereocenters. The average Bonchev–Trinajstić information content (AvgIpc) is 2.83. The van der Waals surface area contributed by atoms with Gasteiger partial charge in [0.2, 0.25) is 0 Å². The third-order valence-corrected chi connectivity index (χ3v) is 3.50. The summed E-state index contributed by atoms with van der Waals surface area (Å²) < 4.78 is 5.20. The molecule has 6 heteroatoms. The minimum Gasteiger partial charge on any atom is -0.465 e. The molecule has 1 unspecified atom stereocenters. The van der Waals surface area contributed by atoms with Gasteiger partial charge in [0, 0.05) is 18.5 Å². The number of carboxylic acid groups (broad SMARTS) is 1. The lowest BCUT2D eigenvalue weighted by molar-refractivity contribution is 0.0491. The van der Waals surface area contributed by atoms with Crippen LogP contribution in [0.2, 0.25) is 0 Å². The van der Waals surface area contributed by atoms with E-state index in [1.807, 2.05) is 0 Å². The van der Waals surface area contributed by atoms with E-state index in [0.29, 0.717) is 13.1 Å². The van der Waals surface area contributed by atoms with Crippen LogP contribution in [0, 0.1) is 5.41 Å². The van der Waals surface area contributed by atoms with Crippen LogP contribution in [0.5, 0.6) is 0 Å². The van der Waals surface area contributed by atoms with Crippen LogP contribution in [0.15, 0.2) is 0 Å². The second kappa shape index (κ2) is 4.03. The van der Waals surface area contributed by atoms with E-state index in [9.17, 15) is 9.59 Å². The second-order valence-electron chi connectivity index (χ2n) is 6.22. The zero-order chi connectivity index (χ0) is 13.6. The summed E-state index contributed by atoms with van der Waals surface area (Å²) in [5.41, 5.74) is -0.582. The second-order valence-corrected chi connectivity index (χ2v) is 6.22. The van der Waals surface area contributed by atoms with Crippen LogP contribution in [-0.2, 0) is 4.74 Å². The van der Waals surface area contributed by atoms with Crippen molar-refractivity contribution in [3.05, 3.63) is 0 Å². The quantitative estimate of drug-likeness (QED) is 0.747. The first-order chi connectivity index (χ1) is 8.22. The molecule has 2 amide bonds. The summed E-state index contributed by atoms with van der Waals surface area (Å²) in [5, 5.41) is 11.8. The Hall–Kier alpha value is -1.46. The van der Waals surface area contributed by atoms with Crippen molar-refractivity contribution in [2.75, 3.05) is 13.1 Å². The molecule has 18 heavy (non-hydrogen) atoms. The highest BCUT2D eigenvalue weighted by atomic mass is 16.6. The van der Waals surface area contributed by atoms with E-state index < -0.39 is 17.8 Å². The fraction of sp³-hybridized carbons (Fsp3) is 0.833. The van der Waals surface area contributed by atoms with Gasteiger partial charge in [-0.25, -0.2) is 9.59 Å². The van der Waals surface area contributed by atoms with Gasteiger partial charge in [0.05, 0.1) is 6.04 Å². The van der Waals surface area contributed by atoms with Crippen molar-refractivity contribution in [2.24, 2.45) is 5.41 Å². The molecule has 1 heterocycles. The van der Waals surface area contributed by atoms with Crippen LogP contribution >= 0.6 is 0 Å². The third-order valence-electron chi connectivity index (χ3n) is 3.50. The van der Waals surface area contributed by atoms with Crippen molar-refractivity contribution in [1.29, 1.82) is 0 Å². The summed E-state index contributed by atoms with van der Waals surface area (Å²) >= 11 is 0. The molecule has 2 rings (SSSR count). The van der Waals surface area contributed by atoms with E-state index in [4.69, 9.17) is 9.84 Å². The summed E-state index contributed by atoms with van der Waals surface area (Å²) in [6.07, 6.45) is 0.551. The van der Waals surface area contributed by atoms with Gasteiger partial charge in [-0.05, 0) is 33.6 Å². The molecule has 1 aliphatic heterocycles. The molecule has 6 nitrogen and oxygen atoms in total. The molecule has 0 aromatic rings. The predicted octanol–water partition coefficient (Wildman–Crippen LogP) is 1.65. The first-order valence-corrected chi connectivity index (χ1v) is 6.19. The van der Waals surface area contributed by atoms with E-state index in [2.05, 4.69) is 5.32 Å². The minimum atomic E-state index is -0.922. The molecule has 1 spiro atoms. The number of hydrogen-bond donors (Lipinski definition) is 2. The number of carbonyl (C=O) groups is 2. The van der Waals surface area contributed by atoms with Crippen molar-refractivity contribution in [1.82, 2.24) is 10.2 Å². The molecule has 1 aliphatic carbocycles. The Bertz CT molecular complexity index is 371. The van der Waals surface area contributed by atoms with E-state index in [-0.39, 0.29) is 11.5 Å². The Labute approximate surface area is 106 Å². The maximum Gasteiger partial charge on any atom is 0.407 e.